The molecule has 1 aromatic heterocycles. The molecule has 0 saturated carbocycles. The molecule has 1 aliphatic heterocycles. The predicted octanol–water partition coefficient (Wildman–Crippen LogP) is 2.00. The predicted molar refractivity (Wildman–Crippen MR) is 89.6 cm³/mol. The summed E-state index contributed by atoms with van der Waals surface area (Å²) in [5.74, 6) is 0.678. The second-order valence-electron chi connectivity index (χ2n) is 6.16. The van der Waals surface area contributed by atoms with Crippen molar-refractivity contribution in [2.75, 3.05) is 20.3 Å². The molecular weight excluding hydrogens is 306 g/mol. The van der Waals surface area contributed by atoms with E-state index in [0.29, 0.717) is 13.2 Å². The molecule has 3 rings (SSSR count). The summed E-state index contributed by atoms with van der Waals surface area (Å²) in [5, 5.41) is 2.82. The van der Waals surface area contributed by atoms with E-state index in [1.807, 2.05) is 25.1 Å². The number of rotatable bonds is 6. The Hall–Kier alpha value is -2.18. The molecule has 0 radical (unpaired) electrons. The molecule has 24 heavy (non-hydrogen) atoms. The molecule has 128 valence electrons. The van der Waals surface area contributed by atoms with Crippen molar-refractivity contribution in [3.63, 3.8) is 0 Å². The van der Waals surface area contributed by atoms with E-state index in [2.05, 4.69) is 27.3 Å². The van der Waals surface area contributed by atoms with Crippen LogP contribution in [0.25, 0.3) is 0 Å². The highest BCUT2D eigenvalue weighted by atomic mass is 16.5. The van der Waals surface area contributed by atoms with Gasteiger partial charge in [-0.3, -0.25) is 9.69 Å². The van der Waals surface area contributed by atoms with Gasteiger partial charge in [-0.05, 0) is 12.5 Å². The van der Waals surface area contributed by atoms with Crippen molar-refractivity contribution in [3.05, 3.63) is 53.2 Å². The van der Waals surface area contributed by atoms with Gasteiger partial charge in [-0.2, -0.15) is 0 Å². The van der Waals surface area contributed by atoms with E-state index in [1.165, 1.54) is 5.56 Å². The zero-order valence-corrected chi connectivity index (χ0v) is 14.1. The van der Waals surface area contributed by atoms with Crippen molar-refractivity contribution < 1.29 is 13.9 Å². The zero-order valence-electron chi connectivity index (χ0n) is 14.1. The van der Waals surface area contributed by atoms with E-state index in [-0.39, 0.29) is 17.8 Å². The molecule has 0 spiro atoms. The summed E-state index contributed by atoms with van der Waals surface area (Å²) in [6.45, 7) is 4.81. The first-order chi connectivity index (χ1) is 11.7. The quantitative estimate of drug-likeness (QED) is 0.878. The molecule has 1 atom stereocenters. The van der Waals surface area contributed by atoms with Crippen molar-refractivity contribution in [1.82, 2.24) is 15.2 Å². The first-order valence-electron chi connectivity index (χ1n) is 8.20. The van der Waals surface area contributed by atoms with Gasteiger partial charge in [0.15, 0.2) is 0 Å². The van der Waals surface area contributed by atoms with Crippen LogP contribution < -0.4 is 5.32 Å². The number of carbonyl (C=O) groups excluding carboxylic acids is 1. The van der Waals surface area contributed by atoms with Gasteiger partial charge < -0.3 is 14.5 Å². The van der Waals surface area contributed by atoms with Crippen LogP contribution in [0, 0.1) is 0 Å². The molecule has 6 nitrogen and oxygen atoms in total. The summed E-state index contributed by atoms with van der Waals surface area (Å²) in [5.41, 5.74) is 2.14. The number of ether oxygens (including phenoxy) is 1. The van der Waals surface area contributed by atoms with Crippen molar-refractivity contribution in [3.8, 4) is 0 Å². The molecule has 0 bridgehead atoms. The number of nitrogens with zero attached hydrogens (tertiary/aromatic N) is 2. The van der Waals surface area contributed by atoms with Crippen LogP contribution in [0.4, 0.5) is 0 Å². The van der Waals surface area contributed by atoms with E-state index in [4.69, 9.17) is 9.15 Å². The Labute approximate surface area is 141 Å². The van der Waals surface area contributed by atoms with Crippen molar-refractivity contribution in [1.29, 1.82) is 0 Å². The van der Waals surface area contributed by atoms with Crippen molar-refractivity contribution in [2.24, 2.45) is 0 Å². The topological polar surface area (TPSA) is 67.6 Å². The van der Waals surface area contributed by atoms with Gasteiger partial charge in [0.2, 0.25) is 0 Å². The molecule has 2 heterocycles. The van der Waals surface area contributed by atoms with Crippen LogP contribution in [0.15, 0.2) is 34.7 Å². The van der Waals surface area contributed by atoms with Gasteiger partial charge in [0.1, 0.15) is 5.76 Å². The monoisotopic (exact) mass is 329 g/mol. The fourth-order valence-corrected chi connectivity index (χ4v) is 2.90. The molecular formula is C18H23N3O3. The lowest BCUT2D eigenvalue weighted by Gasteiger charge is -2.24. The summed E-state index contributed by atoms with van der Waals surface area (Å²) in [4.78, 5) is 18.9. The number of aromatic nitrogens is 1. The first-order valence-corrected chi connectivity index (χ1v) is 8.20. The number of methoxy groups -OCH3 is 1. The Kier molecular flexibility index (Phi) is 5.27. The fraction of sp³-hybridized carbons (Fsp3) is 0.444. The Morgan fingerprint density at radius 1 is 1.42 bits per heavy atom. The fourth-order valence-electron chi connectivity index (χ4n) is 2.90. The first kappa shape index (κ1) is 16.7. The molecule has 1 amide bonds. The van der Waals surface area contributed by atoms with E-state index in [1.54, 1.807) is 7.11 Å². The van der Waals surface area contributed by atoms with Crippen molar-refractivity contribution >= 4 is 5.91 Å². The summed E-state index contributed by atoms with van der Waals surface area (Å²) < 4.78 is 10.7. The van der Waals surface area contributed by atoms with Crippen molar-refractivity contribution in [2.45, 2.75) is 32.5 Å². The lowest BCUT2D eigenvalue weighted by molar-refractivity contribution is 0.0869. The van der Waals surface area contributed by atoms with Gasteiger partial charge in [-0.15, -0.1) is 0 Å². The lowest BCUT2D eigenvalue weighted by atomic mass is 10.1. The van der Waals surface area contributed by atoms with Gasteiger partial charge in [0, 0.05) is 39.2 Å². The van der Waals surface area contributed by atoms with E-state index >= 15 is 0 Å². The maximum Gasteiger partial charge on any atom is 0.307 e. The molecule has 2 aromatic rings. The third-order valence-electron chi connectivity index (χ3n) is 4.04. The summed E-state index contributed by atoms with van der Waals surface area (Å²) in [6, 6.07) is 10.3. The largest absolute Gasteiger partial charge is 0.437 e. The van der Waals surface area contributed by atoms with Gasteiger partial charge in [-0.1, -0.05) is 30.3 Å². The van der Waals surface area contributed by atoms with Crippen LogP contribution in [-0.4, -0.2) is 42.1 Å². The standard InChI is InChI=1S/C18H23N3O3/c1-13(12-23-2)19-17(22)18-20-15-11-21(9-8-16(15)24-18)10-14-6-4-3-5-7-14/h3-7,13H,8-12H2,1-2H3,(H,19,22). The highest BCUT2D eigenvalue weighted by molar-refractivity contribution is 5.89. The second kappa shape index (κ2) is 7.59. The van der Waals surface area contributed by atoms with E-state index in [0.717, 1.165) is 31.0 Å². The summed E-state index contributed by atoms with van der Waals surface area (Å²) >= 11 is 0. The molecule has 0 saturated heterocycles. The maximum atomic E-state index is 12.2. The lowest BCUT2D eigenvalue weighted by Crippen LogP contribution is -2.35. The van der Waals surface area contributed by atoms with Crippen LogP contribution in [0.5, 0.6) is 0 Å². The molecule has 0 aliphatic carbocycles. The third-order valence-corrected chi connectivity index (χ3v) is 4.04. The number of amides is 1. The minimum Gasteiger partial charge on any atom is -0.437 e. The average molecular weight is 329 g/mol. The Bertz CT molecular complexity index is 684. The van der Waals surface area contributed by atoms with Crippen LogP contribution in [0.2, 0.25) is 0 Å². The number of carbonyl (C=O) groups is 1. The second-order valence-corrected chi connectivity index (χ2v) is 6.16. The number of hydrogen-bond donors (Lipinski definition) is 1. The highest BCUT2D eigenvalue weighted by Gasteiger charge is 2.25. The molecule has 6 heteroatoms. The number of hydrogen-bond acceptors (Lipinski definition) is 5. The Morgan fingerprint density at radius 3 is 2.96 bits per heavy atom. The molecule has 1 aromatic carbocycles. The Balaban J connectivity index is 1.63. The van der Waals surface area contributed by atoms with Crippen LogP contribution in [0.3, 0.4) is 0 Å². The van der Waals surface area contributed by atoms with E-state index in [9.17, 15) is 4.79 Å². The molecule has 1 aliphatic rings. The zero-order chi connectivity index (χ0) is 16.9. The van der Waals surface area contributed by atoms with Gasteiger partial charge >= 0.3 is 5.91 Å². The van der Waals surface area contributed by atoms with Gasteiger partial charge in [-0.25, -0.2) is 4.98 Å². The number of fused-ring (bicyclic) bond motifs is 1. The number of benzene rings is 1. The van der Waals surface area contributed by atoms with Gasteiger partial charge in [0.25, 0.3) is 5.89 Å². The van der Waals surface area contributed by atoms with Gasteiger partial charge in [0.05, 0.1) is 12.3 Å². The molecule has 0 fully saturated rings. The smallest absolute Gasteiger partial charge is 0.307 e. The molecule has 1 unspecified atom stereocenters. The maximum absolute atomic E-state index is 12.2. The van der Waals surface area contributed by atoms with Crippen LogP contribution in [0.1, 0.15) is 34.6 Å². The van der Waals surface area contributed by atoms with Crippen LogP contribution >= 0.6 is 0 Å². The minimum atomic E-state index is -0.288. The van der Waals surface area contributed by atoms with E-state index < -0.39 is 0 Å². The summed E-state index contributed by atoms with van der Waals surface area (Å²) in [7, 11) is 1.60. The van der Waals surface area contributed by atoms with Crippen LogP contribution in [-0.2, 0) is 24.2 Å². The highest BCUT2D eigenvalue weighted by Crippen LogP contribution is 2.21. The number of oxazole rings is 1. The Morgan fingerprint density at radius 2 is 2.21 bits per heavy atom. The third kappa shape index (κ3) is 4.01. The minimum absolute atomic E-state index is 0.0824. The number of nitrogens with one attached hydrogen (secondary N) is 1. The average Bonchev–Trinajstić information content (AvgIpc) is 2.99. The normalized spacial score (nSPS) is 15.8. The molecule has 1 N–H and O–H groups in total. The summed E-state index contributed by atoms with van der Waals surface area (Å²) in [6.07, 6.45) is 0.774. The SMILES string of the molecule is COCC(C)NC(=O)c1nc2c(o1)CCN(Cc1ccccc1)C2.